The monoisotopic (exact) mass is 774 g/mol. The molecule has 8 aromatic rings. The standard InChI is InChI=1S/C56H46N2Si/c1-59(2)49-26-13-10-23-45(49)53-50(59)33-47-52(43-21-8-11-24-46(43)56(47)39-28-34-27-35(30-39)31-40(56)29-34)51(53)38-18-14-17-37(32-38)41-19-6-7-20-42(41)55-57-48-25-12-9-22-44(48)54(58-55)36-15-4-3-5-16-36/h3-26,32-35,39-40H,27-31H2,1-2H3. The first kappa shape index (κ1) is 34.0. The maximum absolute atomic E-state index is 5.35. The molecule has 7 aromatic carbocycles. The number of hydrogen-bond acceptors (Lipinski definition) is 2. The third-order valence-electron chi connectivity index (χ3n) is 15.7. The van der Waals surface area contributed by atoms with E-state index in [1.807, 2.05) is 0 Å². The van der Waals surface area contributed by atoms with Crippen molar-refractivity contribution in [1.29, 1.82) is 0 Å². The number of fused-ring (bicyclic) bond motifs is 7. The first-order chi connectivity index (χ1) is 29.0. The van der Waals surface area contributed by atoms with Gasteiger partial charge < -0.3 is 0 Å². The average molecular weight is 775 g/mol. The van der Waals surface area contributed by atoms with Gasteiger partial charge in [-0.05, 0) is 134 Å². The highest BCUT2D eigenvalue weighted by Crippen LogP contribution is 2.70. The van der Waals surface area contributed by atoms with Crippen molar-refractivity contribution in [2.45, 2.75) is 50.6 Å². The van der Waals surface area contributed by atoms with Gasteiger partial charge in [-0.1, -0.05) is 159 Å². The average Bonchev–Trinajstić information content (AvgIpc) is 3.70. The van der Waals surface area contributed by atoms with Crippen molar-refractivity contribution in [1.82, 2.24) is 9.97 Å². The molecule has 2 heterocycles. The lowest BCUT2D eigenvalue weighted by Crippen LogP contribution is -2.56. The predicted molar refractivity (Wildman–Crippen MR) is 247 cm³/mol. The fourth-order valence-electron chi connectivity index (χ4n) is 13.5. The zero-order chi connectivity index (χ0) is 39.0. The van der Waals surface area contributed by atoms with Crippen LogP contribution in [-0.2, 0) is 5.41 Å². The van der Waals surface area contributed by atoms with Gasteiger partial charge in [0, 0.05) is 21.9 Å². The maximum atomic E-state index is 5.35. The van der Waals surface area contributed by atoms with Gasteiger partial charge in [-0.15, -0.1) is 0 Å². The molecule has 1 aliphatic heterocycles. The number of hydrogen-bond donors (Lipinski definition) is 0. The Kier molecular flexibility index (Phi) is 7.10. The summed E-state index contributed by atoms with van der Waals surface area (Å²) in [6, 6.07) is 59.1. The molecule has 4 saturated carbocycles. The van der Waals surface area contributed by atoms with E-state index in [2.05, 4.69) is 171 Å². The van der Waals surface area contributed by atoms with Crippen LogP contribution in [0, 0.1) is 23.7 Å². The van der Waals surface area contributed by atoms with Crippen molar-refractivity contribution < 1.29 is 0 Å². The van der Waals surface area contributed by atoms with Crippen LogP contribution in [0.5, 0.6) is 0 Å². The highest BCUT2D eigenvalue weighted by Gasteiger charge is 2.62. The summed E-state index contributed by atoms with van der Waals surface area (Å²) in [5.41, 5.74) is 18.5. The largest absolute Gasteiger partial charge is 0.228 e. The molecule has 0 radical (unpaired) electrons. The SMILES string of the molecule is C[Si]1(C)c2ccccc2-c2c1cc1c(c2-c2cccc(-c3ccccc3-c3nc(-c4ccccc4)c4ccccc4n3)c2)-c2ccccc2C12C1CC3CC(C1)CC2C3. The fraction of sp³-hybridized carbons (Fsp3) is 0.214. The molecule has 14 rings (SSSR count). The number of rotatable bonds is 4. The van der Waals surface area contributed by atoms with Crippen molar-refractivity contribution >= 4 is 29.4 Å². The molecule has 4 fully saturated rings. The minimum absolute atomic E-state index is 0.108. The zero-order valence-electron chi connectivity index (χ0n) is 33.8. The molecule has 284 valence electrons. The smallest absolute Gasteiger partial charge is 0.161 e. The van der Waals surface area contributed by atoms with E-state index in [4.69, 9.17) is 9.97 Å². The van der Waals surface area contributed by atoms with Gasteiger partial charge in [-0.3, -0.25) is 0 Å². The molecule has 3 heteroatoms. The van der Waals surface area contributed by atoms with Crippen LogP contribution in [0.1, 0.15) is 43.2 Å². The van der Waals surface area contributed by atoms with E-state index in [-0.39, 0.29) is 5.41 Å². The van der Waals surface area contributed by atoms with Crippen LogP contribution in [0.4, 0.5) is 0 Å². The Morgan fingerprint density at radius 3 is 1.88 bits per heavy atom. The normalized spacial score (nSPS) is 23.6. The van der Waals surface area contributed by atoms with Crippen LogP contribution in [0.15, 0.2) is 158 Å². The Morgan fingerprint density at radius 1 is 0.458 bits per heavy atom. The number of benzene rings is 7. The Bertz CT molecular complexity index is 3020. The first-order valence-corrected chi connectivity index (χ1v) is 24.9. The lowest BCUT2D eigenvalue weighted by molar-refractivity contribution is -0.0399. The second-order valence-electron chi connectivity index (χ2n) is 18.9. The van der Waals surface area contributed by atoms with Crippen molar-refractivity contribution in [3.63, 3.8) is 0 Å². The van der Waals surface area contributed by atoms with Crippen LogP contribution >= 0.6 is 0 Å². The summed E-state index contributed by atoms with van der Waals surface area (Å²) < 4.78 is 0. The summed E-state index contributed by atoms with van der Waals surface area (Å²) >= 11 is 0. The predicted octanol–water partition coefficient (Wildman–Crippen LogP) is 12.8. The van der Waals surface area contributed by atoms with Gasteiger partial charge in [0.2, 0.25) is 0 Å². The minimum Gasteiger partial charge on any atom is -0.228 e. The molecule has 0 saturated heterocycles. The van der Waals surface area contributed by atoms with Crippen molar-refractivity contribution in [2.24, 2.45) is 23.7 Å². The van der Waals surface area contributed by atoms with Gasteiger partial charge in [0.25, 0.3) is 0 Å². The third-order valence-corrected chi connectivity index (χ3v) is 19.2. The third kappa shape index (κ3) is 4.63. The fourth-order valence-corrected chi connectivity index (χ4v) is 16.6. The quantitative estimate of drug-likeness (QED) is 0.166. The molecular weight excluding hydrogens is 729 g/mol. The molecule has 4 bridgehead atoms. The number of aromatic nitrogens is 2. The van der Waals surface area contributed by atoms with Crippen LogP contribution in [0.2, 0.25) is 13.1 Å². The van der Waals surface area contributed by atoms with Gasteiger partial charge in [-0.2, -0.15) is 0 Å². The summed E-state index contributed by atoms with van der Waals surface area (Å²) in [7, 11) is -2.02. The molecule has 0 unspecified atom stereocenters. The molecule has 5 aliphatic carbocycles. The Hall–Kier alpha value is -5.90. The van der Waals surface area contributed by atoms with Gasteiger partial charge in [-0.25, -0.2) is 9.97 Å². The van der Waals surface area contributed by atoms with Gasteiger partial charge >= 0.3 is 0 Å². The minimum atomic E-state index is -2.02. The van der Waals surface area contributed by atoms with E-state index < -0.39 is 8.07 Å². The zero-order valence-corrected chi connectivity index (χ0v) is 34.8. The van der Waals surface area contributed by atoms with E-state index in [0.29, 0.717) is 0 Å². The van der Waals surface area contributed by atoms with Crippen molar-refractivity contribution in [3.8, 4) is 67.2 Å². The molecule has 1 spiro atoms. The molecule has 1 aromatic heterocycles. The summed E-state index contributed by atoms with van der Waals surface area (Å²) in [5, 5.41) is 4.28. The molecule has 0 atom stereocenters. The van der Waals surface area contributed by atoms with E-state index >= 15 is 0 Å². The van der Waals surface area contributed by atoms with Crippen LogP contribution in [-0.4, -0.2) is 18.0 Å². The van der Waals surface area contributed by atoms with Crippen LogP contribution in [0.3, 0.4) is 0 Å². The van der Waals surface area contributed by atoms with Crippen molar-refractivity contribution in [3.05, 3.63) is 169 Å². The van der Waals surface area contributed by atoms with Crippen molar-refractivity contribution in [2.75, 3.05) is 0 Å². The van der Waals surface area contributed by atoms with E-state index in [9.17, 15) is 0 Å². The van der Waals surface area contributed by atoms with E-state index in [0.717, 1.165) is 62.8 Å². The van der Waals surface area contributed by atoms with Crippen LogP contribution in [0.25, 0.3) is 78.1 Å². The van der Waals surface area contributed by atoms with Gasteiger partial charge in [0.05, 0.1) is 11.2 Å². The molecule has 6 aliphatic rings. The highest BCUT2D eigenvalue weighted by molar-refractivity contribution is 7.04. The number of para-hydroxylation sites is 1. The maximum Gasteiger partial charge on any atom is 0.161 e. The summed E-state index contributed by atoms with van der Waals surface area (Å²) in [4.78, 5) is 10.6. The first-order valence-electron chi connectivity index (χ1n) is 21.9. The Labute approximate surface area is 348 Å². The molecule has 0 N–H and O–H groups in total. The summed E-state index contributed by atoms with van der Waals surface area (Å²) in [6.45, 7) is 5.22. The van der Waals surface area contributed by atoms with Crippen LogP contribution < -0.4 is 10.4 Å². The summed E-state index contributed by atoms with van der Waals surface area (Å²) in [6.07, 6.45) is 7.04. The summed E-state index contributed by atoms with van der Waals surface area (Å²) in [5.74, 6) is 4.03. The lowest BCUT2D eigenvalue weighted by Gasteiger charge is -2.61. The number of nitrogens with zero attached hydrogens (tertiary/aromatic N) is 2. The highest BCUT2D eigenvalue weighted by atomic mass is 28.3. The second kappa shape index (κ2) is 12.3. The molecular formula is C56H46N2Si. The second-order valence-corrected chi connectivity index (χ2v) is 23.2. The molecule has 2 nitrogen and oxygen atoms in total. The Morgan fingerprint density at radius 2 is 1.08 bits per heavy atom. The lowest BCUT2D eigenvalue weighted by atomic mass is 9.43. The van der Waals surface area contributed by atoms with E-state index in [1.165, 1.54) is 71.0 Å². The molecule has 0 amide bonds. The van der Waals surface area contributed by atoms with Gasteiger partial charge in [0.15, 0.2) is 5.82 Å². The topological polar surface area (TPSA) is 25.8 Å². The molecule has 59 heavy (non-hydrogen) atoms. The van der Waals surface area contributed by atoms with E-state index in [1.54, 1.807) is 21.5 Å². The Balaban J connectivity index is 1.06. The van der Waals surface area contributed by atoms with Gasteiger partial charge in [0.1, 0.15) is 8.07 Å².